The first-order chi connectivity index (χ1) is 8.40. The summed E-state index contributed by atoms with van der Waals surface area (Å²) in [5, 5.41) is 10.2. The molecule has 0 aromatic carbocycles. The number of halogens is 1. The molecule has 98 valence electrons. The fraction of sp³-hybridized carbons (Fsp3) is 0.333. The van der Waals surface area contributed by atoms with Gasteiger partial charge in [-0.3, -0.25) is 0 Å². The third kappa shape index (κ3) is 2.94. The zero-order valence-corrected chi connectivity index (χ0v) is 11.8. The number of hydrogen-bond acceptors (Lipinski definition) is 5. The second-order valence-electron chi connectivity index (χ2n) is 3.58. The van der Waals surface area contributed by atoms with Crippen LogP contribution in [0.3, 0.4) is 0 Å². The van der Waals surface area contributed by atoms with Gasteiger partial charge in [-0.1, -0.05) is 30.3 Å². The van der Waals surface area contributed by atoms with Crippen molar-refractivity contribution in [1.29, 1.82) is 0 Å². The normalized spacial score (nSPS) is 13.9. The monoisotopic (exact) mass is 306 g/mol. The average molecular weight is 307 g/mol. The Hall–Kier alpha value is -0.830. The molecule has 0 amide bonds. The molecule has 0 aliphatic heterocycles. The maximum atomic E-state index is 11.3. The van der Waals surface area contributed by atoms with Crippen molar-refractivity contribution in [2.24, 2.45) is 5.14 Å². The highest BCUT2D eigenvalue weighted by molar-refractivity contribution is 8.12. The standard InChI is InChI=1S/C9H11ClN4O2S2/c1-2-9(18(11,15)16)17-8-4-3-7-12-6(10)5-14(7)13-8/h3-5,9H,2H2,1H3,(H2,11,15,16). The fourth-order valence-electron chi connectivity index (χ4n) is 1.42. The number of nitrogens with two attached hydrogens (primary N) is 1. The van der Waals surface area contributed by atoms with Crippen LogP contribution in [0.1, 0.15) is 13.3 Å². The fourth-order valence-corrected chi connectivity index (χ4v) is 3.61. The molecule has 0 spiro atoms. The van der Waals surface area contributed by atoms with Gasteiger partial charge >= 0.3 is 0 Å². The highest BCUT2D eigenvalue weighted by Crippen LogP contribution is 2.26. The summed E-state index contributed by atoms with van der Waals surface area (Å²) in [7, 11) is -3.59. The third-order valence-corrected chi connectivity index (χ3v) is 5.62. The molecule has 1 atom stereocenters. The quantitative estimate of drug-likeness (QED) is 0.864. The van der Waals surface area contributed by atoms with Gasteiger partial charge in [-0.05, 0) is 18.6 Å². The first kappa shape index (κ1) is 13.6. The second kappa shape index (κ2) is 5.04. The first-order valence-corrected chi connectivity index (χ1v) is 7.97. The summed E-state index contributed by atoms with van der Waals surface area (Å²) < 4.78 is 23.4. The second-order valence-corrected chi connectivity index (χ2v) is 7.24. The van der Waals surface area contributed by atoms with E-state index in [-0.39, 0.29) is 0 Å². The predicted molar refractivity (Wildman–Crippen MR) is 71.0 cm³/mol. The Kier molecular flexibility index (Phi) is 3.81. The number of fused-ring (bicyclic) bond motifs is 1. The van der Waals surface area contributed by atoms with Crippen molar-refractivity contribution in [3.63, 3.8) is 0 Å². The summed E-state index contributed by atoms with van der Waals surface area (Å²) in [6.45, 7) is 1.76. The Labute approximate surface area is 114 Å². The topological polar surface area (TPSA) is 90.3 Å². The molecule has 0 saturated carbocycles. The molecule has 2 aromatic rings. The minimum Gasteiger partial charge on any atom is -0.228 e. The molecular formula is C9H11ClN4O2S2. The van der Waals surface area contributed by atoms with Crippen molar-refractivity contribution in [2.75, 3.05) is 0 Å². The van der Waals surface area contributed by atoms with Gasteiger partial charge in [0, 0.05) is 0 Å². The van der Waals surface area contributed by atoms with Gasteiger partial charge in [0.1, 0.15) is 14.8 Å². The van der Waals surface area contributed by atoms with Crippen LogP contribution in [0, 0.1) is 0 Å². The van der Waals surface area contributed by atoms with Crippen LogP contribution in [0.25, 0.3) is 5.65 Å². The van der Waals surface area contributed by atoms with E-state index >= 15 is 0 Å². The number of thioether (sulfide) groups is 1. The van der Waals surface area contributed by atoms with E-state index in [1.165, 1.54) is 4.52 Å². The largest absolute Gasteiger partial charge is 0.228 e. The number of primary sulfonamides is 1. The van der Waals surface area contributed by atoms with E-state index in [9.17, 15) is 8.42 Å². The minimum atomic E-state index is -3.59. The molecule has 0 aliphatic carbocycles. The summed E-state index contributed by atoms with van der Waals surface area (Å²) >= 11 is 6.85. The zero-order valence-electron chi connectivity index (χ0n) is 9.45. The molecular weight excluding hydrogens is 296 g/mol. The van der Waals surface area contributed by atoms with E-state index < -0.39 is 14.6 Å². The number of hydrogen-bond donors (Lipinski definition) is 1. The van der Waals surface area contributed by atoms with Crippen LogP contribution in [0.5, 0.6) is 0 Å². The van der Waals surface area contributed by atoms with Crippen LogP contribution in [0.4, 0.5) is 0 Å². The molecule has 0 bridgehead atoms. The molecule has 2 heterocycles. The van der Waals surface area contributed by atoms with Crippen LogP contribution in [0.2, 0.25) is 5.15 Å². The summed E-state index contributed by atoms with van der Waals surface area (Å²) in [6.07, 6.45) is 1.97. The highest BCUT2D eigenvalue weighted by atomic mass is 35.5. The molecule has 2 aromatic heterocycles. The number of rotatable bonds is 4. The maximum Gasteiger partial charge on any atom is 0.221 e. The summed E-state index contributed by atoms with van der Waals surface area (Å²) in [5.74, 6) is 0. The molecule has 0 saturated heterocycles. The number of imidazole rings is 1. The smallest absolute Gasteiger partial charge is 0.221 e. The van der Waals surface area contributed by atoms with Gasteiger partial charge in [0.25, 0.3) is 0 Å². The molecule has 2 N–H and O–H groups in total. The molecule has 18 heavy (non-hydrogen) atoms. The van der Waals surface area contributed by atoms with E-state index in [1.807, 2.05) is 0 Å². The van der Waals surface area contributed by atoms with Crippen LogP contribution in [0.15, 0.2) is 23.4 Å². The molecule has 0 aliphatic rings. The Morgan fingerprint density at radius 2 is 2.28 bits per heavy atom. The molecule has 1 unspecified atom stereocenters. The van der Waals surface area contributed by atoms with Crippen molar-refractivity contribution in [2.45, 2.75) is 23.0 Å². The number of nitrogens with zero attached hydrogens (tertiary/aromatic N) is 3. The molecule has 2 rings (SSSR count). The summed E-state index contributed by atoms with van der Waals surface area (Å²) in [6, 6.07) is 3.41. The predicted octanol–water partition coefficient (Wildman–Crippen LogP) is 1.50. The van der Waals surface area contributed by atoms with Crippen molar-refractivity contribution in [3.8, 4) is 0 Å². The van der Waals surface area contributed by atoms with Crippen molar-refractivity contribution in [1.82, 2.24) is 14.6 Å². The van der Waals surface area contributed by atoms with E-state index in [0.29, 0.717) is 22.2 Å². The van der Waals surface area contributed by atoms with Crippen LogP contribution >= 0.6 is 23.4 Å². The van der Waals surface area contributed by atoms with E-state index in [4.69, 9.17) is 16.7 Å². The minimum absolute atomic E-state index is 0.336. The molecule has 9 heteroatoms. The van der Waals surface area contributed by atoms with Gasteiger partial charge in [0.2, 0.25) is 10.0 Å². The van der Waals surface area contributed by atoms with Crippen LogP contribution < -0.4 is 5.14 Å². The average Bonchev–Trinajstić information content (AvgIpc) is 2.63. The Bertz CT molecular complexity index is 670. The molecule has 0 radical (unpaired) electrons. The van der Waals surface area contributed by atoms with Crippen molar-refractivity contribution < 1.29 is 8.42 Å². The van der Waals surface area contributed by atoms with E-state index in [1.54, 1.807) is 25.3 Å². The third-order valence-electron chi connectivity index (χ3n) is 2.22. The summed E-state index contributed by atoms with van der Waals surface area (Å²) in [5.41, 5.74) is 0.605. The van der Waals surface area contributed by atoms with Gasteiger partial charge < -0.3 is 0 Å². The maximum absolute atomic E-state index is 11.3. The highest BCUT2D eigenvalue weighted by Gasteiger charge is 2.21. The van der Waals surface area contributed by atoms with Gasteiger partial charge in [-0.15, -0.1) is 0 Å². The Morgan fingerprint density at radius 3 is 2.89 bits per heavy atom. The lowest BCUT2D eigenvalue weighted by Crippen LogP contribution is -2.25. The van der Waals surface area contributed by atoms with Gasteiger partial charge in [0.15, 0.2) is 5.65 Å². The lowest BCUT2D eigenvalue weighted by molar-refractivity contribution is 0.593. The summed E-state index contributed by atoms with van der Waals surface area (Å²) in [4.78, 5) is 4.02. The Balaban J connectivity index is 2.31. The van der Waals surface area contributed by atoms with Gasteiger partial charge in [-0.25, -0.2) is 23.1 Å². The Morgan fingerprint density at radius 1 is 1.56 bits per heavy atom. The van der Waals surface area contributed by atoms with Gasteiger partial charge in [-0.2, -0.15) is 5.10 Å². The van der Waals surface area contributed by atoms with Crippen molar-refractivity contribution in [3.05, 3.63) is 23.5 Å². The molecule has 6 nitrogen and oxygen atoms in total. The van der Waals surface area contributed by atoms with E-state index in [0.717, 1.165) is 11.8 Å². The van der Waals surface area contributed by atoms with Crippen LogP contribution in [-0.2, 0) is 10.0 Å². The number of aromatic nitrogens is 3. The first-order valence-electron chi connectivity index (χ1n) is 5.10. The molecule has 0 fully saturated rings. The SMILES string of the molecule is CCC(Sc1ccc2nc(Cl)cn2n1)S(N)(=O)=O. The van der Waals surface area contributed by atoms with Crippen LogP contribution in [-0.4, -0.2) is 27.6 Å². The van der Waals surface area contributed by atoms with E-state index in [2.05, 4.69) is 10.1 Å². The van der Waals surface area contributed by atoms with Crippen molar-refractivity contribution >= 4 is 39.0 Å². The lowest BCUT2D eigenvalue weighted by atomic mass is 10.6. The number of sulfonamides is 1. The lowest BCUT2D eigenvalue weighted by Gasteiger charge is -2.10. The van der Waals surface area contributed by atoms with Gasteiger partial charge in [0.05, 0.1) is 6.20 Å². The zero-order chi connectivity index (χ0) is 13.3.